The number of ketones is 2. The van der Waals surface area contributed by atoms with E-state index in [0.29, 0.717) is 0 Å². The van der Waals surface area contributed by atoms with Gasteiger partial charge in [0.2, 0.25) is 0 Å². The van der Waals surface area contributed by atoms with Crippen molar-refractivity contribution in [2.75, 3.05) is 11.8 Å². The molecule has 0 aliphatic carbocycles. The molecule has 0 unspecified atom stereocenters. The fourth-order valence-corrected chi connectivity index (χ4v) is 1.05. The second kappa shape index (κ2) is 10.6. The van der Waals surface area contributed by atoms with Crippen molar-refractivity contribution in [1.82, 2.24) is 0 Å². The summed E-state index contributed by atoms with van der Waals surface area (Å²) in [5.74, 6) is -0.940. The Labute approximate surface area is 112 Å². The fraction of sp³-hybridized carbons (Fsp3) is 0.667. The second-order valence-electron chi connectivity index (χ2n) is 1.80. The van der Waals surface area contributed by atoms with E-state index in [0.717, 1.165) is 0 Å². The average molecular weight is 323 g/mol. The monoisotopic (exact) mass is 320 g/mol. The third kappa shape index (κ3) is 11.2. The maximum absolute atomic E-state index is 10.1. The highest BCUT2D eigenvalue weighted by Gasteiger charge is 2.08. The van der Waals surface area contributed by atoms with Crippen LogP contribution in [0.5, 0.6) is 0 Å². The molecule has 0 radical (unpaired) electrons. The molecule has 0 aliphatic rings. The van der Waals surface area contributed by atoms with Gasteiger partial charge in [0, 0.05) is 0 Å². The topological polar surface area (TPSA) is 34.1 Å². The van der Waals surface area contributed by atoms with E-state index in [1.54, 1.807) is 0 Å². The Balaban J connectivity index is 0. The number of hydrogen-bond acceptors (Lipinski definition) is 2. The molecule has 0 atom stereocenters. The van der Waals surface area contributed by atoms with E-state index in [1.165, 1.54) is 0 Å². The van der Waals surface area contributed by atoms with Gasteiger partial charge in [-0.3, -0.25) is 9.59 Å². The highest BCUT2D eigenvalue weighted by atomic mass is 35.5. The molecular formula is C6H6Cl6O2. The largest absolute Gasteiger partial charge is 0.295 e. The van der Waals surface area contributed by atoms with Gasteiger partial charge in [-0.05, 0) is 0 Å². The maximum atomic E-state index is 10.1. The lowest BCUT2D eigenvalue weighted by molar-refractivity contribution is -0.116. The predicted octanol–water partition coefficient (Wildman–Crippen LogP) is 3.20. The Morgan fingerprint density at radius 1 is 0.786 bits per heavy atom. The summed E-state index contributed by atoms with van der Waals surface area (Å²) in [5, 5.41) is 0. The van der Waals surface area contributed by atoms with E-state index in [4.69, 9.17) is 69.6 Å². The van der Waals surface area contributed by atoms with E-state index >= 15 is 0 Å². The number of alkyl halides is 6. The molecule has 0 fully saturated rings. The number of halogens is 6. The van der Waals surface area contributed by atoms with Crippen LogP contribution in [0.1, 0.15) is 0 Å². The van der Waals surface area contributed by atoms with Gasteiger partial charge in [0.15, 0.2) is 21.2 Å². The smallest absolute Gasteiger partial charge is 0.180 e. The van der Waals surface area contributed by atoms with E-state index in [1.807, 2.05) is 0 Å². The number of carbonyl (C=O) groups excluding carboxylic acids is 2. The Morgan fingerprint density at radius 2 is 1.00 bits per heavy atom. The lowest BCUT2D eigenvalue weighted by Gasteiger charge is -1.89. The van der Waals surface area contributed by atoms with Gasteiger partial charge in [-0.25, -0.2) is 0 Å². The number of hydrogen-bond donors (Lipinski definition) is 0. The van der Waals surface area contributed by atoms with Crippen LogP contribution in [0.25, 0.3) is 0 Å². The molecular weight excluding hydrogens is 317 g/mol. The lowest BCUT2D eigenvalue weighted by Crippen LogP contribution is -2.07. The molecule has 0 aromatic rings. The minimum absolute atomic E-state index is 0.113. The summed E-state index contributed by atoms with van der Waals surface area (Å²) in [6.45, 7) is 0. The van der Waals surface area contributed by atoms with Crippen LogP contribution in [0.4, 0.5) is 0 Å². The van der Waals surface area contributed by atoms with Crippen LogP contribution in [0, 0.1) is 0 Å². The molecule has 0 spiro atoms. The van der Waals surface area contributed by atoms with Crippen molar-refractivity contribution in [1.29, 1.82) is 0 Å². The summed E-state index contributed by atoms with van der Waals surface area (Å²) in [6, 6.07) is 0. The molecule has 0 saturated carbocycles. The highest BCUT2D eigenvalue weighted by molar-refractivity contribution is 6.56. The lowest BCUT2D eigenvalue weighted by atomic mass is 10.5. The van der Waals surface area contributed by atoms with Gasteiger partial charge >= 0.3 is 0 Å². The Morgan fingerprint density at radius 3 is 1.00 bits per heavy atom. The first-order chi connectivity index (χ1) is 6.36. The van der Waals surface area contributed by atoms with Crippen molar-refractivity contribution in [3.63, 3.8) is 0 Å². The van der Waals surface area contributed by atoms with Crippen molar-refractivity contribution in [2.24, 2.45) is 0 Å². The van der Waals surface area contributed by atoms with Gasteiger partial charge in [0.1, 0.15) is 0 Å². The number of rotatable bonds is 4. The molecule has 84 valence electrons. The molecule has 0 saturated heterocycles. The molecule has 0 amide bonds. The summed E-state index contributed by atoms with van der Waals surface area (Å²) in [7, 11) is 0. The third-order valence-electron chi connectivity index (χ3n) is 0.750. The Kier molecular flexibility index (Phi) is 13.2. The van der Waals surface area contributed by atoms with E-state index in [9.17, 15) is 9.59 Å². The number of carbonyl (C=O) groups is 2. The van der Waals surface area contributed by atoms with Gasteiger partial charge in [0.05, 0.1) is 11.8 Å². The molecule has 0 bridgehead atoms. The number of Topliss-reactive ketones (excluding diaryl/α,β-unsaturated/α-hetero) is 2. The zero-order chi connectivity index (χ0) is 11.7. The first kappa shape index (κ1) is 17.5. The van der Waals surface area contributed by atoms with Gasteiger partial charge in [-0.15, -0.1) is 23.2 Å². The Hall–Kier alpha value is 1.08. The summed E-state index contributed by atoms with van der Waals surface area (Å²) in [6.07, 6.45) is 0. The van der Waals surface area contributed by atoms with Gasteiger partial charge < -0.3 is 0 Å². The van der Waals surface area contributed by atoms with E-state index in [2.05, 4.69) is 0 Å². The van der Waals surface area contributed by atoms with E-state index < -0.39 is 9.67 Å². The first-order valence-corrected chi connectivity index (χ1v) is 5.91. The third-order valence-corrected chi connectivity index (χ3v) is 2.25. The van der Waals surface area contributed by atoms with Gasteiger partial charge in [-0.2, -0.15) is 0 Å². The van der Waals surface area contributed by atoms with Crippen molar-refractivity contribution >= 4 is 81.2 Å². The van der Waals surface area contributed by atoms with Crippen LogP contribution >= 0.6 is 69.6 Å². The summed E-state index contributed by atoms with van der Waals surface area (Å²) >= 11 is 30.3. The van der Waals surface area contributed by atoms with E-state index in [-0.39, 0.29) is 23.3 Å². The second-order valence-corrected chi connectivity index (χ2v) is 4.53. The SMILES string of the molecule is O=C(CCl)C(Cl)Cl.O=C(CCl)C(Cl)Cl. The maximum Gasteiger partial charge on any atom is 0.180 e. The van der Waals surface area contributed by atoms with Crippen molar-refractivity contribution < 1.29 is 9.59 Å². The molecule has 2 nitrogen and oxygen atoms in total. The van der Waals surface area contributed by atoms with Crippen LogP contribution in [0.3, 0.4) is 0 Å². The molecule has 14 heavy (non-hydrogen) atoms. The quantitative estimate of drug-likeness (QED) is 0.745. The van der Waals surface area contributed by atoms with Gasteiger partial charge in [-0.1, -0.05) is 46.4 Å². The zero-order valence-electron chi connectivity index (χ0n) is 6.65. The molecule has 0 aromatic carbocycles. The van der Waals surface area contributed by atoms with Crippen LogP contribution in [0.15, 0.2) is 0 Å². The van der Waals surface area contributed by atoms with Crippen molar-refractivity contribution in [2.45, 2.75) is 9.67 Å². The fourth-order valence-electron chi connectivity index (χ4n) is 0.117. The molecule has 0 rings (SSSR count). The average Bonchev–Trinajstić information content (AvgIpc) is 2.15. The minimum Gasteiger partial charge on any atom is -0.295 e. The van der Waals surface area contributed by atoms with Crippen molar-refractivity contribution in [3.8, 4) is 0 Å². The normalized spacial score (nSPS) is 9.71. The molecule has 0 aromatic heterocycles. The summed E-state index contributed by atoms with van der Waals surface area (Å²) < 4.78 is 0. The van der Waals surface area contributed by atoms with Crippen LogP contribution < -0.4 is 0 Å². The van der Waals surface area contributed by atoms with Gasteiger partial charge in [0.25, 0.3) is 0 Å². The summed E-state index contributed by atoms with van der Waals surface area (Å²) in [5.41, 5.74) is 0. The summed E-state index contributed by atoms with van der Waals surface area (Å²) in [4.78, 5) is 18.3. The molecule has 0 N–H and O–H groups in total. The van der Waals surface area contributed by atoms with Crippen LogP contribution in [0.2, 0.25) is 0 Å². The highest BCUT2D eigenvalue weighted by Crippen LogP contribution is 2.03. The molecule has 8 heteroatoms. The minimum atomic E-state index is -0.961. The Bertz CT molecular complexity index is 161. The molecule has 0 heterocycles. The van der Waals surface area contributed by atoms with Crippen LogP contribution in [-0.4, -0.2) is 33.0 Å². The molecule has 0 aliphatic heterocycles. The standard InChI is InChI=1S/2C3H3Cl3O/c2*4-1-2(7)3(5)6/h2*3H,1H2. The van der Waals surface area contributed by atoms with Crippen molar-refractivity contribution in [3.05, 3.63) is 0 Å². The first-order valence-electron chi connectivity index (χ1n) is 3.10. The van der Waals surface area contributed by atoms with Crippen LogP contribution in [-0.2, 0) is 9.59 Å². The zero-order valence-corrected chi connectivity index (χ0v) is 11.2. The predicted molar refractivity (Wildman–Crippen MR) is 62.4 cm³/mol.